The largest absolute Gasteiger partial charge is 0.496 e. The predicted octanol–water partition coefficient (Wildman–Crippen LogP) is 5.85. The van der Waals surface area contributed by atoms with Crippen molar-refractivity contribution in [3.8, 4) is 16.9 Å². The van der Waals surface area contributed by atoms with E-state index in [1.54, 1.807) is 7.11 Å². The van der Waals surface area contributed by atoms with Gasteiger partial charge in [-0.3, -0.25) is 0 Å². The molecule has 0 aliphatic carbocycles. The Labute approximate surface area is 187 Å². The number of nitrogens with zero attached hydrogens (tertiary/aromatic N) is 1. The van der Waals surface area contributed by atoms with Crippen LogP contribution in [0.3, 0.4) is 0 Å². The SMILES string of the molecule is COc1ccc(-c2cccc(C(C)(C)N=O)c2)cc1SNc1cccc(NCCN)c1. The summed E-state index contributed by atoms with van der Waals surface area (Å²) in [5, 5.41) is 6.54. The Bertz CT molecular complexity index is 1040. The molecule has 3 rings (SSSR count). The number of hydrogen-bond donors (Lipinski definition) is 3. The van der Waals surface area contributed by atoms with Crippen molar-refractivity contribution >= 4 is 23.3 Å². The molecule has 4 N–H and O–H groups in total. The molecule has 0 saturated heterocycles. The molecule has 6 nitrogen and oxygen atoms in total. The summed E-state index contributed by atoms with van der Waals surface area (Å²) in [6.07, 6.45) is 0. The van der Waals surface area contributed by atoms with E-state index in [1.165, 1.54) is 11.9 Å². The maximum absolute atomic E-state index is 11.2. The van der Waals surface area contributed by atoms with Crippen LogP contribution in [0, 0.1) is 4.91 Å². The first-order valence-electron chi connectivity index (χ1n) is 10.1. The van der Waals surface area contributed by atoms with Crippen molar-refractivity contribution in [2.24, 2.45) is 10.9 Å². The van der Waals surface area contributed by atoms with E-state index in [1.807, 2.05) is 74.5 Å². The molecule has 0 unspecified atom stereocenters. The van der Waals surface area contributed by atoms with Crippen LogP contribution in [0.2, 0.25) is 0 Å². The van der Waals surface area contributed by atoms with E-state index in [2.05, 4.69) is 21.3 Å². The van der Waals surface area contributed by atoms with E-state index < -0.39 is 5.54 Å². The summed E-state index contributed by atoms with van der Waals surface area (Å²) in [5.41, 5.74) is 9.71. The minimum absolute atomic E-state index is 0.581. The fourth-order valence-corrected chi connectivity index (χ4v) is 3.88. The lowest BCUT2D eigenvalue weighted by Gasteiger charge is -2.17. The van der Waals surface area contributed by atoms with E-state index in [-0.39, 0.29) is 0 Å². The molecule has 3 aromatic rings. The molecule has 31 heavy (non-hydrogen) atoms. The molecule has 0 aliphatic rings. The highest BCUT2D eigenvalue weighted by Gasteiger charge is 2.21. The topological polar surface area (TPSA) is 88.7 Å². The average Bonchev–Trinajstić information content (AvgIpc) is 2.81. The summed E-state index contributed by atoms with van der Waals surface area (Å²) in [6, 6.07) is 22.0. The zero-order valence-electron chi connectivity index (χ0n) is 18.0. The van der Waals surface area contributed by atoms with Crippen molar-refractivity contribution in [1.29, 1.82) is 0 Å². The number of nitroso groups, excluding NO2 is 1. The second-order valence-corrected chi connectivity index (χ2v) is 8.45. The van der Waals surface area contributed by atoms with Gasteiger partial charge in [0.2, 0.25) is 0 Å². The lowest BCUT2D eigenvalue weighted by Crippen LogP contribution is -2.12. The van der Waals surface area contributed by atoms with Gasteiger partial charge in [-0.05, 0) is 78.9 Å². The smallest absolute Gasteiger partial charge is 0.134 e. The first kappa shape index (κ1) is 22.7. The Morgan fingerprint density at radius 1 is 1.00 bits per heavy atom. The Morgan fingerprint density at radius 2 is 1.74 bits per heavy atom. The van der Waals surface area contributed by atoms with Gasteiger partial charge in [0, 0.05) is 24.5 Å². The molecule has 7 heteroatoms. The molecule has 0 spiro atoms. The lowest BCUT2D eigenvalue weighted by atomic mass is 9.92. The van der Waals surface area contributed by atoms with Crippen molar-refractivity contribution in [1.82, 2.24) is 0 Å². The van der Waals surface area contributed by atoms with Crippen LogP contribution in [0.15, 0.2) is 76.8 Å². The molecular weight excluding hydrogens is 408 g/mol. The first-order valence-corrected chi connectivity index (χ1v) is 10.9. The molecule has 0 amide bonds. The summed E-state index contributed by atoms with van der Waals surface area (Å²) in [7, 11) is 1.66. The Balaban J connectivity index is 1.83. The number of hydrogen-bond acceptors (Lipinski definition) is 7. The van der Waals surface area contributed by atoms with Gasteiger partial charge in [-0.25, -0.2) is 0 Å². The molecule has 0 radical (unpaired) electrons. The van der Waals surface area contributed by atoms with Crippen molar-refractivity contribution in [2.75, 3.05) is 30.2 Å². The van der Waals surface area contributed by atoms with Gasteiger partial charge < -0.3 is 20.5 Å². The molecule has 3 aromatic carbocycles. The molecule has 0 saturated carbocycles. The highest BCUT2D eigenvalue weighted by atomic mass is 32.2. The third-order valence-corrected chi connectivity index (χ3v) is 5.79. The Morgan fingerprint density at radius 3 is 2.48 bits per heavy atom. The van der Waals surface area contributed by atoms with Gasteiger partial charge in [0.15, 0.2) is 0 Å². The molecule has 162 valence electrons. The van der Waals surface area contributed by atoms with Gasteiger partial charge in [0.1, 0.15) is 11.3 Å². The molecular formula is C24H28N4O2S. The van der Waals surface area contributed by atoms with Crippen LogP contribution < -0.4 is 20.5 Å². The van der Waals surface area contributed by atoms with E-state index in [4.69, 9.17) is 10.5 Å². The van der Waals surface area contributed by atoms with Gasteiger partial charge >= 0.3 is 0 Å². The van der Waals surface area contributed by atoms with Crippen LogP contribution in [-0.4, -0.2) is 20.2 Å². The fourth-order valence-electron chi connectivity index (χ4n) is 3.09. The van der Waals surface area contributed by atoms with Crippen molar-refractivity contribution < 1.29 is 4.74 Å². The maximum Gasteiger partial charge on any atom is 0.134 e. The summed E-state index contributed by atoms with van der Waals surface area (Å²) >= 11 is 1.48. The second-order valence-electron chi connectivity index (χ2n) is 7.60. The van der Waals surface area contributed by atoms with Gasteiger partial charge in [-0.15, -0.1) is 4.91 Å². The predicted molar refractivity (Wildman–Crippen MR) is 131 cm³/mol. The van der Waals surface area contributed by atoms with Crippen LogP contribution in [0.25, 0.3) is 11.1 Å². The van der Waals surface area contributed by atoms with Crippen LogP contribution >= 0.6 is 11.9 Å². The monoisotopic (exact) mass is 436 g/mol. The molecule has 0 aromatic heterocycles. The highest BCUT2D eigenvalue weighted by molar-refractivity contribution is 8.00. The number of rotatable bonds is 10. The number of nitrogens with two attached hydrogens (primary N) is 1. The van der Waals surface area contributed by atoms with Crippen LogP contribution in [-0.2, 0) is 5.54 Å². The van der Waals surface area contributed by atoms with Gasteiger partial charge in [0.25, 0.3) is 0 Å². The second kappa shape index (κ2) is 10.3. The van der Waals surface area contributed by atoms with E-state index in [0.29, 0.717) is 6.54 Å². The normalized spacial score (nSPS) is 11.1. The number of methoxy groups -OCH3 is 1. The van der Waals surface area contributed by atoms with Crippen molar-refractivity contribution in [3.05, 3.63) is 77.2 Å². The minimum Gasteiger partial charge on any atom is -0.496 e. The zero-order chi connectivity index (χ0) is 22.3. The molecule has 0 bridgehead atoms. The van der Waals surface area contributed by atoms with E-state index in [9.17, 15) is 4.91 Å². The van der Waals surface area contributed by atoms with Gasteiger partial charge in [-0.1, -0.05) is 35.5 Å². The average molecular weight is 437 g/mol. The van der Waals surface area contributed by atoms with Crippen LogP contribution in [0.5, 0.6) is 5.75 Å². The fraction of sp³-hybridized carbons (Fsp3) is 0.250. The van der Waals surface area contributed by atoms with Crippen molar-refractivity contribution in [2.45, 2.75) is 24.3 Å². The zero-order valence-corrected chi connectivity index (χ0v) is 18.8. The lowest BCUT2D eigenvalue weighted by molar-refractivity contribution is 0.405. The maximum atomic E-state index is 11.2. The summed E-state index contributed by atoms with van der Waals surface area (Å²) in [6.45, 7) is 4.93. The summed E-state index contributed by atoms with van der Waals surface area (Å²) in [4.78, 5) is 12.2. The Kier molecular flexibility index (Phi) is 7.55. The number of anilines is 2. The highest BCUT2D eigenvalue weighted by Crippen LogP contribution is 2.36. The number of ether oxygens (including phenoxy) is 1. The third-order valence-electron chi connectivity index (χ3n) is 4.91. The first-order chi connectivity index (χ1) is 15.0. The van der Waals surface area contributed by atoms with E-state index >= 15 is 0 Å². The van der Waals surface area contributed by atoms with Gasteiger partial charge in [-0.2, -0.15) is 0 Å². The molecule has 0 heterocycles. The minimum atomic E-state index is -0.773. The van der Waals surface area contributed by atoms with Crippen molar-refractivity contribution in [3.63, 3.8) is 0 Å². The molecule has 0 aliphatic heterocycles. The van der Waals surface area contributed by atoms with Gasteiger partial charge in [0.05, 0.1) is 12.0 Å². The number of benzene rings is 3. The molecule has 0 fully saturated rings. The van der Waals surface area contributed by atoms with E-state index in [0.717, 1.165) is 45.3 Å². The summed E-state index contributed by atoms with van der Waals surface area (Å²) < 4.78 is 8.94. The number of nitrogens with one attached hydrogen (secondary N) is 2. The third kappa shape index (κ3) is 5.77. The van der Waals surface area contributed by atoms with Crippen LogP contribution in [0.4, 0.5) is 11.4 Å². The Hall–Kier alpha value is -3.03. The quantitative estimate of drug-likeness (QED) is 0.273. The molecule has 0 atom stereocenters. The van der Waals surface area contributed by atoms with Crippen LogP contribution in [0.1, 0.15) is 19.4 Å². The standard InChI is InChI=1S/C24H28N4O2S/c1-24(2,28-29)19-7-4-6-17(14-19)18-10-11-22(30-3)23(15-18)31-27-21-9-5-8-20(16-21)26-13-12-25/h4-11,14-16,26-27H,12-13,25H2,1-3H3. The summed E-state index contributed by atoms with van der Waals surface area (Å²) in [5.74, 6) is 0.782.